The summed E-state index contributed by atoms with van der Waals surface area (Å²) in [6.07, 6.45) is 0.00231. The van der Waals surface area contributed by atoms with Gasteiger partial charge in [-0.2, -0.15) is 0 Å². The maximum Gasteiger partial charge on any atom is 0.117 e. The fraction of sp³-hybridized carbons (Fsp3) is 0.800. The average molecular weight is 128 g/mol. The van der Waals surface area contributed by atoms with E-state index in [1.165, 1.54) is 5.01 Å². The van der Waals surface area contributed by atoms with Gasteiger partial charge >= 0.3 is 0 Å². The van der Waals surface area contributed by atoms with Crippen LogP contribution in [-0.4, -0.2) is 29.2 Å². The van der Waals surface area contributed by atoms with E-state index in [-0.39, 0.29) is 6.17 Å². The molecule has 0 aromatic heterocycles. The van der Waals surface area contributed by atoms with Crippen molar-refractivity contribution in [2.45, 2.75) is 20.0 Å². The molecule has 1 rings (SSSR count). The lowest BCUT2D eigenvalue weighted by Crippen LogP contribution is -2.35. The van der Waals surface area contributed by atoms with Crippen LogP contribution in [0.25, 0.3) is 0 Å². The Hall–Kier alpha value is -0.610. The van der Waals surface area contributed by atoms with Crippen LogP contribution in [0.5, 0.6) is 0 Å². The van der Waals surface area contributed by atoms with Crippen LogP contribution in [-0.2, 0) is 0 Å². The molecule has 0 amide bonds. The van der Waals surface area contributed by atoms with Gasteiger partial charge < -0.3 is 10.4 Å². The van der Waals surface area contributed by atoms with Crippen molar-refractivity contribution in [3.8, 4) is 0 Å². The highest BCUT2D eigenvalue weighted by Crippen LogP contribution is 2.10. The molecule has 1 aliphatic rings. The SMILES string of the molecule is CC1=NC(C)N(C)N1[O-]. The van der Waals surface area contributed by atoms with Gasteiger partial charge in [0.2, 0.25) is 0 Å². The molecule has 1 atom stereocenters. The Morgan fingerprint density at radius 2 is 2.22 bits per heavy atom. The van der Waals surface area contributed by atoms with Crippen LogP contribution in [0.4, 0.5) is 0 Å². The van der Waals surface area contributed by atoms with E-state index in [4.69, 9.17) is 0 Å². The summed E-state index contributed by atoms with van der Waals surface area (Å²) in [5.74, 6) is 0.532. The van der Waals surface area contributed by atoms with Crippen molar-refractivity contribution in [1.29, 1.82) is 0 Å². The molecule has 0 saturated carbocycles. The third kappa shape index (κ3) is 0.906. The number of nitrogens with zero attached hydrogens (tertiary/aromatic N) is 3. The standard InChI is InChI=1S/C5H10N3O/c1-4-6-5(2)8(9)7(4)3/h4H,1-3H3/q-1. The zero-order valence-corrected chi connectivity index (χ0v) is 5.83. The van der Waals surface area contributed by atoms with E-state index in [9.17, 15) is 5.21 Å². The van der Waals surface area contributed by atoms with Crippen molar-refractivity contribution in [3.05, 3.63) is 5.21 Å². The molecule has 0 saturated heterocycles. The number of hydroxylamine groups is 1. The summed E-state index contributed by atoms with van der Waals surface area (Å²) in [6.45, 7) is 3.58. The molecule has 1 unspecified atom stereocenters. The third-order valence-electron chi connectivity index (χ3n) is 1.48. The number of hydrogen-bond donors (Lipinski definition) is 0. The first-order valence-electron chi connectivity index (χ1n) is 2.87. The predicted molar refractivity (Wildman–Crippen MR) is 35.5 cm³/mol. The Labute approximate surface area is 54.3 Å². The Kier molecular flexibility index (Phi) is 1.42. The summed E-state index contributed by atoms with van der Waals surface area (Å²) in [6, 6.07) is 0. The molecule has 0 N–H and O–H groups in total. The molecule has 9 heavy (non-hydrogen) atoms. The van der Waals surface area contributed by atoms with E-state index in [0.717, 1.165) is 5.17 Å². The molecular weight excluding hydrogens is 118 g/mol. The van der Waals surface area contributed by atoms with Crippen LogP contribution >= 0.6 is 0 Å². The number of aliphatic imine (C=N–C) groups is 1. The number of rotatable bonds is 0. The second-order valence-corrected chi connectivity index (χ2v) is 2.15. The molecule has 0 aromatic rings. The molecule has 0 aliphatic carbocycles. The zero-order chi connectivity index (χ0) is 7.02. The minimum Gasteiger partial charge on any atom is -0.742 e. The summed E-state index contributed by atoms with van der Waals surface area (Å²) in [5.41, 5.74) is 0. The minimum atomic E-state index is 0.00231. The van der Waals surface area contributed by atoms with Gasteiger partial charge in [0, 0.05) is 7.05 Å². The predicted octanol–water partition coefficient (Wildman–Crippen LogP) is 0.411. The van der Waals surface area contributed by atoms with Crippen LogP contribution < -0.4 is 0 Å². The summed E-state index contributed by atoms with van der Waals surface area (Å²) < 4.78 is 0. The molecule has 52 valence electrons. The highest BCUT2D eigenvalue weighted by Gasteiger charge is 2.16. The van der Waals surface area contributed by atoms with Gasteiger partial charge in [0.15, 0.2) is 0 Å². The van der Waals surface area contributed by atoms with E-state index in [0.29, 0.717) is 5.84 Å². The normalized spacial score (nSPS) is 29.1. The van der Waals surface area contributed by atoms with Gasteiger partial charge in [-0.1, -0.05) is 0 Å². The Morgan fingerprint density at radius 3 is 2.33 bits per heavy atom. The topological polar surface area (TPSA) is 41.9 Å². The van der Waals surface area contributed by atoms with Crippen LogP contribution in [0.2, 0.25) is 0 Å². The van der Waals surface area contributed by atoms with Gasteiger partial charge in [0.25, 0.3) is 0 Å². The van der Waals surface area contributed by atoms with Crippen molar-refractivity contribution >= 4 is 5.84 Å². The van der Waals surface area contributed by atoms with Crippen molar-refractivity contribution in [1.82, 2.24) is 10.2 Å². The largest absolute Gasteiger partial charge is 0.742 e. The number of hydrazine groups is 1. The first-order valence-corrected chi connectivity index (χ1v) is 2.87. The Morgan fingerprint density at radius 1 is 1.67 bits per heavy atom. The van der Waals surface area contributed by atoms with Crippen LogP contribution in [0.1, 0.15) is 13.8 Å². The van der Waals surface area contributed by atoms with Crippen molar-refractivity contribution < 1.29 is 0 Å². The van der Waals surface area contributed by atoms with Gasteiger partial charge in [-0.15, -0.1) is 0 Å². The molecule has 0 fully saturated rings. The minimum absolute atomic E-state index is 0.00231. The number of amidine groups is 1. The van der Waals surface area contributed by atoms with Crippen LogP contribution in [0.3, 0.4) is 0 Å². The van der Waals surface area contributed by atoms with E-state index < -0.39 is 0 Å². The van der Waals surface area contributed by atoms with Crippen LogP contribution in [0, 0.1) is 5.21 Å². The number of hydrogen-bond acceptors (Lipinski definition) is 4. The average Bonchev–Trinajstić information content (AvgIpc) is 1.98. The van der Waals surface area contributed by atoms with E-state index in [2.05, 4.69) is 4.99 Å². The summed E-state index contributed by atoms with van der Waals surface area (Å²) in [5, 5.41) is 13.2. The fourth-order valence-corrected chi connectivity index (χ4v) is 0.783. The first-order chi connectivity index (χ1) is 4.13. The third-order valence-corrected chi connectivity index (χ3v) is 1.48. The van der Waals surface area contributed by atoms with Crippen LogP contribution in [0.15, 0.2) is 4.99 Å². The van der Waals surface area contributed by atoms with Gasteiger partial charge in [-0.05, 0) is 13.8 Å². The molecular formula is C5H10N3O-. The van der Waals surface area contributed by atoms with E-state index in [1.54, 1.807) is 14.0 Å². The lowest BCUT2D eigenvalue weighted by atomic mass is 10.6. The molecule has 0 bridgehead atoms. The van der Waals surface area contributed by atoms with Crippen molar-refractivity contribution in [2.24, 2.45) is 4.99 Å². The monoisotopic (exact) mass is 128 g/mol. The molecule has 4 nitrogen and oxygen atoms in total. The Bertz CT molecular complexity index is 145. The summed E-state index contributed by atoms with van der Waals surface area (Å²) >= 11 is 0. The second kappa shape index (κ2) is 1.97. The fourth-order valence-electron chi connectivity index (χ4n) is 0.783. The van der Waals surface area contributed by atoms with Gasteiger partial charge in [0.05, 0.1) is 0 Å². The Balaban J connectivity index is 2.70. The van der Waals surface area contributed by atoms with Gasteiger partial charge in [-0.3, -0.25) is 4.99 Å². The lowest BCUT2D eigenvalue weighted by Gasteiger charge is -2.33. The summed E-state index contributed by atoms with van der Waals surface area (Å²) in [7, 11) is 1.72. The molecule has 1 heterocycles. The lowest BCUT2D eigenvalue weighted by molar-refractivity contribution is 0.112. The summed E-state index contributed by atoms with van der Waals surface area (Å²) in [4.78, 5) is 4.01. The zero-order valence-electron chi connectivity index (χ0n) is 5.83. The highest BCUT2D eigenvalue weighted by molar-refractivity contribution is 5.80. The maximum atomic E-state index is 10.8. The molecule has 0 spiro atoms. The second-order valence-electron chi connectivity index (χ2n) is 2.15. The highest BCUT2D eigenvalue weighted by atomic mass is 16.6. The van der Waals surface area contributed by atoms with E-state index in [1.807, 2.05) is 6.92 Å². The first kappa shape index (κ1) is 6.51. The quantitative estimate of drug-likeness (QED) is 0.474. The molecule has 4 heteroatoms. The smallest absolute Gasteiger partial charge is 0.117 e. The van der Waals surface area contributed by atoms with Gasteiger partial charge in [-0.25, -0.2) is 5.01 Å². The van der Waals surface area contributed by atoms with Gasteiger partial charge in [0.1, 0.15) is 12.0 Å². The van der Waals surface area contributed by atoms with Crippen molar-refractivity contribution in [3.63, 3.8) is 0 Å². The molecule has 0 aromatic carbocycles. The molecule has 0 radical (unpaired) electrons. The van der Waals surface area contributed by atoms with Crippen molar-refractivity contribution in [2.75, 3.05) is 7.05 Å². The molecule has 1 aliphatic heterocycles. The maximum absolute atomic E-state index is 10.8. The van der Waals surface area contributed by atoms with E-state index >= 15 is 0 Å².